The summed E-state index contributed by atoms with van der Waals surface area (Å²) in [6.45, 7) is 1.59. The molecule has 0 aromatic rings. The molecule has 1 heterocycles. The Bertz CT molecular complexity index is 787. The lowest BCUT2D eigenvalue weighted by Crippen LogP contribution is -2.66. The standard InChI is InChI=1S/C14H25N3O9.C3Cl2F4O/c1-3-5(17-12(16)13(23)24)2-4(15)14(25-3)26-11-9(21)7(19)6(18)8(20)10(11)22;4-2(5,6)1(10)3(7,8)9/h3-11,14,18-22H,2,15H2,1H3,(H2,16,17)(H,23,24);/t3-,4+,5+,6?,7+,8+,9-,10+,11?,14-;/m1./s1. The number of hydrogen-bond donors (Lipinski definition) is 8. The summed E-state index contributed by atoms with van der Waals surface area (Å²) in [5.74, 6) is -4.78. The molecule has 0 spiro atoms. The van der Waals surface area contributed by atoms with Crippen molar-refractivity contribution in [2.75, 3.05) is 0 Å². The van der Waals surface area contributed by atoms with E-state index in [0.29, 0.717) is 0 Å². The van der Waals surface area contributed by atoms with Crippen LogP contribution in [0.25, 0.3) is 0 Å². The molecule has 1 aliphatic heterocycles. The number of aliphatic hydroxyl groups is 5. The normalized spacial score (nSPS) is 38.1. The van der Waals surface area contributed by atoms with Crippen LogP contribution >= 0.6 is 23.2 Å². The van der Waals surface area contributed by atoms with Crippen LogP contribution in [0.4, 0.5) is 17.6 Å². The van der Waals surface area contributed by atoms with E-state index in [4.69, 9.17) is 26.0 Å². The number of aliphatic imine (C=N–C) groups is 1. The highest BCUT2D eigenvalue weighted by Gasteiger charge is 2.52. The second-order valence-electron chi connectivity index (χ2n) is 7.87. The molecule has 10 atom stereocenters. The van der Waals surface area contributed by atoms with E-state index in [-0.39, 0.29) is 6.42 Å². The first kappa shape index (κ1) is 32.6. The van der Waals surface area contributed by atoms with E-state index in [9.17, 15) is 52.7 Å². The summed E-state index contributed by atoms with van der Waals surface area (Å²) in [6, 6.07) is -1.46. The fourth-order valence-corrected chi connectivity index (χ4v) is 3.40. The van der Waals surface area contributed by atoms with Crippen LogP contribution in [0.5, 0.6) is 0 Å². The Kier molecular flexibility index (Phi) is 11.3. The third-order valence-corrected chi connectivity index (χ3v) is 5.50. The minimum absolute atomic E-state index is 0.145. The van der Waals surface area contributed by atoms with Gasteiger partial charge in [0.25, 0.3) is 0 Å². The van der Waals surface area contributed by atoms with E-state index in [0.717, 1.165) is 0 Å². The number of aliphatic carboxylic acids is 1. The van der Waals surface area contributed by atoms with E-state index >= 15 is 0 Å². The number of amidine groups is 1. The van der Waals surface area contributed by atoms with Crippen LogP contribution in [0.1, 0.15) is 13.3 Å². The van der Waals surface area contributed by atoms with Crippen LogP contribution in [-0.4, -0.2) is 120 Å². The van der Waals surface area contributed by atoms with E-state index in [1.165, 1.54) is 0 Å². The number of alkyl halides is 6. The van der Waals surface area contributed by atoms with Gasteiger partial charge < -0.3 is 51.6 Å². The number of carboxylic acid groups (broad SMARTS) is 1. The molecule has 1 saturated heterocycles. The van der Waals surface area contributed by atoms with Gasteiger partial charge in [0, 0.05) is 0 Å². The lowest BCUT2D eigenvalue weighted by atomic mass is 9.84. The molecule has 10 N–H and O–H groups in total. The summed E-state index contributed by atoms with van der Waals surface area (Å²) in [7, 11) is 0. The molecule has 0 amide bonds. The lowest BCUT2D eigenvalue weighted by Gasteiger charge is -2.45. The SMILES string of the molecule is C[C@H]1O[C@H](OC2[C@@H](O)[C@@H](O)C(O)[C@H](O)[C@H]2O)[C@@H](N)C[C@@H]1N=C(N)C(=O)O.O=C(C(F)(F)F)C(F)(Cl)Cl. The molecule has 1 aliphatic carbocycles. The van der Waals surface area contributed by atoms with Crippen molar-refractivity contribution in [3.63, 3.8) is 0 Å². The van der Waals surface area contributed by atoms with E-state index in [1.807, 2.05) is 0 Å². The van der Waals surface area contributed by atoms with Gasteiger partial charge >= 0.3 is 22.5 Å². The van der Waals surface area contributed by atoms with Gasteiger partial charge in [-0.2, -0.15) is 17.6 Å². The van der Waals surface area contributed by atoms with Gasteiger partial charge in [-0.1, -0.05) is 23.2 Å². The van der Waals surface area contributed by atoms with E-state index in [2.05, 4.69) is 28.2 Å². The first-order chi connectivity index (χ1) is 16.2. The summed E-state index contributed by atoms with van der Waals surface area (Å²) >= 11 is 8.39. The lowest BCUT2D eigenvalue weighted by molar-refractivity contribution is -0.293. The van der Waals surface area contributed by atoms with Crippen molar-refractivity contribution in [1.29, 1.82) is 0 Å². The van der Waals surface area contributed by atoms with Gasteiger partial charge in [-0.25, -0.2) is 4.79 Å². The largest absolute Gasteiger partial charge is 0.475 e. The summed E-state index contributed by atoms with van der Waals surface area (Å²) in [5.41, 5.74) is 11.2. The van der Waals surface area contributed by atoms with Gasteiger partial charge in [-0.05, 0) is 13.3 Å². The van der Waals surface area contributed by atoms with Crippen LogP contribution in [0, 0.1) is 0 Å². The molecule has 2 rings (SSSR count). The number of carbonyl (C=O) groups excluding carboxylic acids is 1. The average Bonchev–Trinajstić information content (AvgIpc) is 2.75. The van der Waals surface area contributed by atoms with Gasteiger partial charge in [0.2, 0.25) is 5.84 Å². The number of ketones is 1. The minimum atomic E-state index is -5.34. The monoisotopic (exact) mass is 577 g/mol. The van der Waals surface area contributed by atoms with Crippen molar-refractivity contribution in [2.45, 2.75) is 85.2 Å². The van der Waals surface area contributed by atoms with Gasteiger partial charge in [0.15, 0.2) is 6.29 Å². The molecule has 0 radical (unpaired) electrons. The average molecular weight is 578 g/mol. The van der Waals surface area contributed by atoms with Crippen molar-refractivity contribution in [3.8, 4) is 0 Å². The number of carbonyl (C=O) groups is 2. The molecule has 13 nitrogen and oxygen atoms in total. The van der Waals surface area contributed by atoms with Crippen LogP contribution in [0.2, 0.25) is 0 Å². The highest BCUT2D eigenvalue weighted by molar-refractivity contribution is 6.57. The summed E-state index contributed by atoms with van der Waals surface area (Å²) in [4.78, 5) is 24.3. The Morgan fingerprint density at radius 1 is 1.00 bits per heavy atom. The van der Waals surface area contributed by atoms with Crippen molar-refractivity contribution in [3.05, 3.63) is 0 Å². The molecule has 1 saturated carbocycles. The number of Topliss-reactive ketones (excluding diaryl/α,β-unsaturated/α-hetero) is 1. The van der Waals surface area contributed by atoms with Crippen LogP contribution in [0.3, 0.4) is 0 Å². The number of ether oxygens (including phenoxy) is 2. The molecular formula is C17H25Cl2F4N3O10. The van der Waals surface area contributed by atoms with Crippen molar-refractivity contribution < 1.29 is 67.3 Å². The fourth-order valence-electron chi connectivity index (χ4n) is 3.18. The number of nitrogens with zero attached hydrogens (tertiary/aromatic N) is 1. The number of nitrogens with two attached hydrogens (primary N) is 2. The summed E-state index contributed by atoms with van der Waals surface area (Å²) < 4.78 is 52.4. The van der Waals surface area contributed by atoms with Gasteiger partial charge in [0.1, 0.15) is 36.6 Å². The zero-order valence-corrected chi connectivity index (χ0v) is 19.7. The number of halogens is 6. The van der Waals surface area contributed by atoms with Crippen LogP contribution in [-0.2, 0) is 19.1 Å². The van der Waals surface area contributed by atoms with E-state index < -0.39 is 89.5 Å². The smallest absolute Gasteiger partial charge is 0.456 e. The Labute approximate surface area is 210 Å². The predicted octanol–water partition coefficient (Wildman–Crippen LogP) is -2.32. The quantitative estimate of drug-likeness (QED) is 0.0760. The molecular weight excluding hydrogens is 553 g/mol. The maximum absolute atomic E-state index is 11.7. The number of aliphatic hydroxyl groups excluding tert-OH is 5. The topological polar surface area (TPSA) is 238 Å². The van der Waals surface area contributed by atoms with Gasteiger partial charge in [-0.15, -0.1) is 0 Å². The molecule has 0 bridgehead atoms. The zero-order valence-electron chi connectivity index (χ0n) is 18.2. The number of rotatable bonds is 4. The highest BCUT2D eigenvalue weighted by Crippen LogP contribution is 2.32. The van der Waals surface area contributed by atoms with Crippen LogP contribution < -0.4 is 11.5 Å². The second kappa shape index (κ2) is 12.4. The highest BCUT2D eigenvalue weighted by atomic mass is 35.5. The van der Waals surface area contributed by atoms with Crippen molar-refractivity contribution in [1.82, 2.24) is 0 Å². The molecule has 2 fully saturated rings. The molecule has 210 valence electrons. The van der Waals surface area contributed by atoms with Crippen molar-refractivity contribution >= 4 is 40.8 Å². The van der Waals surface area contributed by atoms with Crippen molar-refractivity contribution in [2.24, 2.45) is 16.5 Å². The molecule has 2 unspecified atom stereocenters. The minimum Gasteiger partial charge on any atom is -0.475 e. The molecule has 2 aliphatic rings. The summed E-state index contributed by atoms with van der Waals surface area (Å²) in [5, 5.41) is 57.8. The zero-order chi connectivity index (χ0) is 28.3. The number of hydrogen-bond acceptors (Lipinski definition) is 11. The Morgan fingerprint density at radius 2 is 1.44 bits per heavy atom. The van der Waals surface area contributed by atoms with Gasteiger partial charge in [-0.3, -0.25) is 9.79 Å². The Morgan fingerprint density at radius 3 is 1.81 bits per heavy atom. The van der Waals surface area contributed by atoms with Crippen LogP contribution in [0.15, 0.2) is 4.99 Å². The van der Waals surface area contributed by atoms with E-state index in [1.54, 1.807) is 6.92 Å². The first-order valence-electron chi connectivity index (χ1n) is 9.91. The third-order valence-electron chi connectivity index (χ3n) is 5.16. The first-order valence-corrected chi connectivity index (χ1v) is 10.7. The van der Waals surface area contributed by atoms with Gasteiger partial charge in [0.05, 0.1) is 18.2 Å². The molecule has 19 heteroatoms. The molecule has 0 aromatic carbocycles. The summed E-state index contributed by atoms with van der Waals surface area (Å²) in [6.07, 6.45) is -17.0. The Balaban J connectivity index is 0.000000548. The second-order valence-corrected chi connectivity index (χ2v) is 9.11. The Hall–Kier alpha value is -1.41. The predicted molar refractivity (Wildman–Crippen MR) is 111 cm³/mol. The maximum Gasteiger partial charge on any atom is 0.456 e. The number of carboxylic acids is 1. The maximum atomic E-state index is 11.7. The molecule has 0 aromatic heterocycles. The fraction of sp³-hybridized carbons (Fsp3) is 0.824. The molecule has 36 heavy (non-hydrogen) atoms. The third kappa shape index (κ3) is 8.30.